The Bertz CT molecular complexity index is 434. The molecule has 0 bridgehead atoms. The van der Waals surface area contributed by atoms with E-state index in [0.29, 0.717) is 25.1 Å². The smallest absolute Gasteiger partial charge is 0.233 e. The number of hydrogen-bond donors (Lipinski definition) is 3. The molecule has 1 atom stereocenters. The maximum atomic E-state index is 12.2. The SMILES string of the molecule is CNC(=O)[C@]1(Cc2ccccc2)CNCCC1=N. The van der Waals surface area contributed by atoms with Crippen molar-refractivity contribution in [2.24, 2.45) is 5.41 Å². The second-order valence-corrected chi connectivity index (χ2v) is 4.73. The van der Waals surface area contributed by atoms with Crippen LogP contribution in [0.4, 0.5) is 0 Å². The van der Waals surface area contributed by atoms with Gasteiger partial charge in [-0.15, -0.1) is 0 Å². The first kappa shape index (κ1) is 12.8. The molecule has 1 heterocycles. The Morgan fingerprint density at radius 1 is 1.44 bits per heavy atom. The van der Waals surface area contributed by atoms with E-state index < -0.39 is 5.41 Å². The summed E-state index contributed by atoms with van der Waals surface area (Å²) in [6.07, 6.45) is 1.22. The summed E-state index contributed by atoms with van der Waals surface area (Å²) in [5, 5.41) is 14.1. The van der Waals surface area contributed by atoms with Gasteiger partial charge in [0.15, 0.2) is 0 Å². The van der Waals surface area contributed by atoms with Crippen molar-refractivity contribution in [3.8, 4) is 0 Å². The van der Waals surface area contributed by atoms with E-state index in [0.717, 1.165) is 12.1 Å². The molecule has 0 aliphatic carbocycles. The van der Waals surface area contributed by atoms with E-state index in [4.69, 9.17) is 5.41 Å². The van der Waals surface area contributed by atoms with Crippen LogP contribution < -0.4 is 10.6 Å². The molecular weight excluding hydrogens is 226 g/mol. The van der Waals surface area contributed by atoms with Crippen molar-refractivity contribution in [3.05, 3.63) is 35.9 Å². The van der Waals surface area contributed by atoms with Gasteiger partial charge in [-0.2, -0.15) is 0 Å². The highest BCUT2D eigenvalue weighted by Crippen LogP contribution is 2.28. The minimum Gasteiger partial charge on any atom is -0.358 e. The maximum Gasteiger partial charge on any atom is 0.233 e. The van der Waals surface area contributed by atoms with Crippen LogP contribution in [0.2, 0.25) is 0 Å². The lowest BCUT2D eigenvalue weighted by Crippen LogP contribution is -2.56. The number of amides is 1. The molecule has 0 saturated carbocycles. The highest BCUT2D eigenvalue weighted by atomic mass is 16.2. The van der Waals surface area contributed by atoms with Gasteiger partial charge in [0, 0.05) is 25.8 Å². The van der Waals surface area contributed by atoms with Crippen LogP contribution in [0.15, 0.2) is 30.3 Å². The molecule has 1 fully saturated rings. The van der Waals surface area contributed by atoms with Gasteiger partial charge in [-0.3, -0.25) is 4.79 Å². The monoisotopic (exact) mass is 245 g/mol. The number of piperidine rings is 1. The molecule has 1 aromatic rings. The zero-order chi connectivity index (χ0) is 13.0. The van der Waals surface area contributed by atoms with Gasteiger partial charge in [0.1, 0.15) is 5.41 Å². The fraction of sp³-hybridized carbons (Fsp3) is 0.429. The average molecular weight is 245 g/mol. The Morgan fingerprint density at radius 2 is 2.17 bits per heavy atom. The first-order valence-electron chi connectivity index (χ1n) is 6.24. The first-order chi connectivity index (χ1) is 8.69. The van der Waals surface area contributed by atoms with Gasteiger partial charge in [0.05, 0.1) is 0 Å². The van der Waals surface area contributed by atoms with Crippen LogP contribution in [0, 0.1) is 10.8 Å². The van der Waals surface area contributed by atoms with Crippen molar-refractivity contribution in [1.82, 2.24) is 10.6 Å². The second-order valence-electron chi connectivity index (χ2n) is 4.73. The summed E-state index contributed by atoms with van der Waals surface area (Å²) in [5.74, 6) is -0.0662. The molecule has 1 aliphatic heterocycles. The van der Waals surface area contributed by atoms with E-state index in [-0.39, 0.29) is 5.91 Å². The second kappa shape index (κ2) is 5.31. The van der Waals surface area contributed by atoms with E-state index in [1.807, 2.05) is 30.3 Å². The Labute approximate surface area is 107 Å². The molecule has 3 N–H and O–H groups in total. The Hall–Kier alpha value is -1.68. The molecule has 4 nitrogen and oxygen atoms in total. The average Bonchev–Trinajstić information content (AvgIpc) is 2.41. The number of carbonyl (C=O) groups is 1. The number of carbonyl (C=O) groups excluding carboxylic acids is 1. The molecule has 0 radical (unpaired) electrons. The molecule has 0 aromatic heterocycles. The number of nitrogens with one attached hydrogen (secondary N) is 3. The van der Waals surface area contributed by atoms with Gasteiger partial charge >= 0.3 is 0 Å². The minimum absolute atomic E-state index is 0.0662. The molecule has 1 aliphatic rings. The summed E-state index contributed by atoms with van der Waals surface area (Å²) in [4.78, 5) is 12.2. The first-order valence-corrected chi connectivity index (χ1v) is 6.24. The summed E-state index contributed by atoms with van der Waals surface area (Å²) < 4.78 is 0. The molecular formula is C14H19N3O. The minimum atomic E-state index is -0.728. The van der Waals surface area contributed by atoms with Crippen molar-refractivity contribution in [2.75, 3.05) is 20.1 Å². The predicted molar refractivity (Wildman–Crippen MR) is 71.9 cm³/mol. The van der Waals surface area contributed by atoms with Crippen LogP contribution in [0.3, 0.4) is 0 Å². The van der Waals surface area contributed by atoms with Gasteiger partial charge in [-0.1, -0.05) is 30.3 Å². The van der Waals surface area contributed by atoms with E-state index in [2.05, 4.69) is 10.6 Å². The van der Waals surface area contributed by atoms with Crippen LogP contribution in [0.1, 0.15) is 12.0 Å². The van der Waals surface area contributed by atoms with Crippen LogP contribution in [-0.2, 0) is 11.2 Å². The van der Waals surface area contributed by atoms with Crippen LogP contribution in [0.25, 0.3) is 0 Å². The third kappa shape index (κ3) is 2.29. The summed E-state index contributed by atoms with van der Waals surface area (Å²) >= 11 is 0. The van der Waals surface area contributed by atoms with Crippen molar-refractivity contribution in [3.63, 3.8) is 0 Å². The zero-order valence-electron chi connectivity index (χ0n) is 10.6. The molecule has 0 unspecified atom stereocenters. The molecule has 1 amide bonds. The number of benzene rings is 1. The molecule has 2 rings (SSSR count). The lowest BCUT2D eigenvalue weighted by Gasteiger charge is -2.36. The Morgan fingerprint density at radius 3 is 2.78 bits per heavy atom. The number of hydrogen-bond acceptors (Lipinski definition) is 3. The van der Waals surface area contributed by atoms with Crippen LogP contribution in [-0.4, -0.2) is 31.8 Å². The topological polar surface area (TPSA) is 65.0 Å². The normalized spacial score (nSPS) is 23.7. The fourth-order valence-corrected chi connectivity index (χ4v) is 2.51. The molecule has 1 aromatic carbocycles. The van der Waals surface area contributed by atoms with E-state index in [1.54, 1.807) is 7.05 Å². The maximum absolute atomic E-state index is 12.2. The van der Waals surface area contributed by atoms with Crippen molar-refractivity contribution in [2.45, 2.75) is 12.8 Å². The number of rotatable bonds is 3. The summed E-state index contributed by atoms with van der Waals surface area (Å²) in [5.41, 5.74) is 0.896. The van der Waals surface area contributed by atoms with E-state index >= 15 is 0 Å². The van der Waals surface area contributed by atoms with Crippen LogP contribution >= 0.6 is 0 Å². The predicted octanol–water partition coefficient (Wildman–Crippen LogP) is 0.975. The summed E-state index contributed by atoms with van der Waals surface area (Å²) in [6.45, 7) is 1.33. The molecule has 4 heteroatoms. The summed E-state index contributed by atoms with van der Waals surface area (Å²) in [7, 11) is 1.64. The molecule has 18 heavy (non-hydrogen) atoms. The third-order valence-electron chi connectivity index (χ3n) is 3.57. The largest absolute Gasteiger partial charge is 0.358 e. The van der Waals surface area contributed by atoms with Gasteiger partial charge in [0.25, 0.3) is 0 Å². The highest BCUT2D eigenvalue weighted by Gasteiger charge is 2.43. The third-order valence-corrected chi connectivity index (χ3v) is 3.57. The fourth-order valence-electron chi connectivity index (χ4n) is 2.51. The Kier molecular flexibility index (Phi) is 3.77. The van der Waals surface area contributed by atoms with Gasteiger partial charge in [0.2, 0.25) is 5.91 Å². The molecule has 0 spiro atoms. The lowest BCUT2D eigenvalue weighted by atomic mass is 9.73. The van der Waals surface area contributed by atoms with Crippen molar-refractivity contribution in [1.29, 1.82) is 5.41 Å². The lowest BCUT2D eigenvalue weighted by molar-refractivity contribution is -0.127. The Balaban J connectivity index is 2.30. The van der Waals surface area contributed by atoms with Gasteiger partial charge in [-0.25, -0.2) is 0 Å². The zero-order valence-corrected chi connectivity index (χ0v) is 10.6. The van der Waals surface area contributed by atoms with E-state index in [1.165, 1.54) is 0 Å². The molecule has 96 valence electrons. The standard InChI is InChI=1S/C14H19N3O/c1-16-13(18)14(10-17-8-7-12(14)15)9-11-5-3-2-4-6-11/h2-6,15,17H,7-10H2,1H3,(H,16,18)/t14-/m1/s1. The van der Waals surface area contributed by atoms with Crippen LogP contribution in [0.5, 0.6) is 0 Å². The summed E-state index contributed by atoms with van der Waals surface area (Å²) in [6, 6.07) is 9.90. The van der Waals surface area contributed by atoms with Gasteiger partial charge < -0.3 is 16.0 Å². The van der Waals surface area contributed by atoms with E-state index in [9.17, 15) is 4.79 Å². The van der Waals surface area contributed by atoms with Crippen molar-refractivity contribution >= 4 is 11.6 Å². The van der Waals surface area contributed by atoms with Gasteiger partial charge in [-0.05, 0) is 18.4 Å². The quantitative estimate of drug-likeness (QED) is 0.743. The van der Waals surface area contributed by atoms with Crippen molar-refractivity contribution < 1.29 is 4.79 Å². The highest BCUT2D eigenvalue weighted by molar-refractivity contribution is 6.08. The molecule has 1 saturated heterocycles.